The molecule has 1 unspecified atom stereocenters. The van der Waals surface area contributed by atoms with Crippen molar-refractivity contribution in [3.05, 3.63) is 64.7 Å². The summed E-state index contributed by atoms with van der Waals surface area (Å²) in [5.74, 6) is -0.287. The van der Waals surface area contributed by atoms with E-state index in [1.54, 1.807) is 25.1 Å². The normalized spacial score (nSPS) is 12.9. The number of nitrogens with one attached hydrogen (secondary N) is 2. The van der Waals surface area contributed by atoms with Crippen LogP contribution in [-0.4, -0.2) is 34.1 Å². The minimum atomic E-state index is -3.64. The van der Waals surface area contributed by atoms with Crippen molar-refractivity contribution in [2.45, 2.75) is 38.6 Å². The molecule has 0 fully saturated rings. The van der Waals surface area contributed by atoms with Crippen molar-refractivity contribution in [1.82, 2.24) is 4.72 Å². The molecule has 2 aromatic carbocycles. The summed E-state index contributed by atoms with van der Waals surface area (Å²) >= 11 is 0. The Balaban J connectivity index is 2.04. The fourth-order valence-corrected chi connectivity index (χ4v) is 4.07. The van der Waals surface area contributed by atoms with E-state index in [1.807, 2.05) is 19.9 Å². The first kappa shape index (κ1) is 22.8. The maximum absolute atomic E-state index is 12.3. The van der Waals surface area contributed by atoms with Crippen LogP contribution in [0.4, 0.5) is 5.69 Å². The molecule has 0 bridgehead atoms. The van der Waals surface area contributed by atoms with E-state index >= 15 is 0 Å². The lowest BCUT2D eigenvalue weighted by Gasteiger charge is -2.13. The second kappa shape index (κ2) is 9.82. The number of hydrogen-bond donors (Lipinski definition) is 2. The number of carbonyl (C=O) groups is 1. The van der Waals surface area contributed by atoms with E-state index in [1.165, 1.54) is 36.4 Å². The molecule has 0 aliphatic carbocycles. The Hall–Kier alpha value is -2.48. The van der Waals surface area contributed by atoms with Crippen LogP contribution in [0.15, 0.2) is 47.4 Å². The lowest BCUT2D eigenvalue weighted by Crippen LogP contribution is -2.35. The molecule has 1 amide bonds. The summed E-state index contributed by atoms with van der Waals surface area (Å²) in [6.45, 7) is 8.09. The minimum absolute atomic E-state index is 0.125. The highest BCUT2D eigenvalue weighted by Gasteiger charge is 2.17. The molecule has 7 heteroatoms. The van der Waals surface area contributed by atoms with Crippen molar-refractivity contribution in [2.75, 3.05) is 19.0 Å². The molecule has 0 saturated carbocycles. The Morgan fingerprint density at radius 2 is 1.69 bits per heavy atom. The van der Waals surface area contributed by atoms with Gasteiger partial charge in [0.2, 0.25) is 15.9 Å². The van der Waals surface area contributed by atoms with Gasteiger partial charge >= 0.3 is 0 Å². The number of anilines is 1. The zero-order chi connectivity index (χ0) is 21.6. The Bertz CT molecular complexity index is 996. The maximum atomic E-state index is 12.3. The molecule has 2 rings (SSSR count). The highest BCUT2D eigenvalue weighted by Crippen LogP contribution is 2.17. The van der Waals surface area contributed by atoms with Gasteiger partial charge in [-0.15, -0.1) is 0 Å². The fourth-order valence-electron chi connectivity index (χ4n) is 2.85. The van der Waals surface area contributed by atoms with Crippen molar-refractivity contribution in [3.63, 3.8) is 0 Å². The van der Waals surface area contributed by atoms with Crippen LogP contribution < -0.4 is 10.0 Å². The zero-order valence-electron chi connectivity index (χ0n) is 17.4. The quantitative estimate of drug-likeness (QED) is 0.644. The number of rotatable bonds is 8. The van der Waals surface area contributed by atoms with Crippen LogP contribution in [0.3, 0.4) is 0 Å². The van der Waals surface area contributed by atoms with Gasteiger partial charge in [0.15, 0.2) is 0 Å². The van der Waals surface area contributed by atoms with Crippen LogP contribution in [0, 0.1) is 20.8 Å². The standard InChI is InChI=1S/C22H28N2O4S/c1-15-12-17(3)19(13-16(15)2)6-11-22(25)23-20-7-9-21(10-8-20)29(26,27)24-18(4)14-28-5/h6-13,18,24H,14H2,1-5H3,(H,23,25)/b11-6+. The Kier molecular flexibility index (Phi) is 7.73. The molecule has 2 aromatic rings. The number of benzene rings is 2. The van der Waals surface area contributed by atoms with E-state index in [0.717, 1.165) is 11.1 Å². The predicted molar refractivity (Wildman–Crippen MR) is 116 cm³/mol. The molecule has 1 atom stereocenters. The van der Waals surface area contributed by atoms with Gasteiger partial charge in [0.05, 0.1) is 11.5 Å². The first-order chi connectivity index (χ1) is 13.6. The van der Waals surface area contributed by atoms with E-state index in [2.05, 4.69) is 23.0 Å². The number of aryl methyl sites for hydroxylation is 3. The van der Waals surface area contributed by atoms with E-state index in [4.69, 9.17) is 4.74 Å². The Labute approximate surface area is 173 Å². The molecule has 156 valence electrons. The summed E-state index contributed by atoms with van der Waals surface area (Å²) < 4.78 is 32.1. The summed E-state index contributed by atoms with van der Waals surface area (Å²) in [6, 6.07) is 9.82. The molecule has 2 N–H and O–H groups in total. The Morgan fingerprint density at radius 3 is 2.31 bits per heavy atom. The lowest BCUT2D eigenvalue weighted by atomic mass is 10.0. The highest BCUT2D eigenvalue weighted by atomic mass is 32.2. The van der Waals surface area contributed by atoms with Gasteiger partial charge in [0.1, 0.15) is 0 Å². The van der Waals surface area contributed by atoms with Gasteiger partial charge in [-0.25, -0.2) is 13.1 Å². The molecule has 0 radical (unpaired) electrons. The number of methoxy groups -OCH3 is 1. The molecular formula is C22H28N2O4S. The zero-order valence-corrected chi connectivity index (χ0v) is 18.3. The molecule has 0 aliphatic rings. The molecule has 0 spiro atoms. The topological polar surface area (TPSA) is 84.5 Å². The second-order valence-electron chi connectivity index (χ2n) is 7.12. The van der Waals surface area contributed by atoms with Crippen LogP contribution in [0.1, 0.15) is 29.2 Å². The molecule has 0 heterocycles. The van der Waals surface area contributed by atoms with Crippen LogP contribution in [0.5, 0.6) is 0 Å². The van der Waals surface area contributed by atoms with Gasteiger partial charge in [0, 0.05) is 24.9 Å². The minimum Gasteiger partial charge on any atom is -0.383 e. The van der Waals surface area contributed by atoms with Gasteiger partial charge in [0.25, 0.3) is 0 Å². The van der Waals surface area contributed by atoms with Crippen LogP contribution in [0.25, 0.3) is 6.08 Å². The molecule has 29 heavy (non-hydrogen) atoms. The van der Waals surface area contributed by atoms with Crippen molar-refractivity contribution in [3.8, 4) is 0 Å². The summed E-state index contributed by atoms with van der Waals surface area (Å²) in [7, 11) is -2.13. The summed E-state index contributed by atoms with van der Waals surface area (Å²) in [4.78, 5) is 12.3. The fraction of sp³-hybridized carbons (Fsp3) is 0.318. The summed E-state index contributed by atoms with van der Waals surface area (Å²) in [5.41, 5.74) is 4.98. The van der Waals surface area contributed by atoms with E-state index in [-0.39, 0.29) is 23.5 Å². The van der Waals surface area contributed by atoms with Crippen molar-refractivity contribution in [1.29, 1.82) is 0 Å². The average molecular weight is 417 g/mol. The van der Waals surface area contributed by atoms with Crippen molar-refractivity contribution in [2.24, 2.45) is 0 Å². The number of ether oxygens (including phenoxy) is 1. The van der Waals surface area contributed by atoms with Gasteiger partial charge in [-0.3, -0.25) is 4.79 Å². The largest absolute Gasteiger partial charge is 0.383 e. The number of amides is 1. The maximum Gasteiger partial charge on any atom is 0.248 e. The van der Waals surface area contributed by atoms with Crippen LogP contribution in [0.2, 0.25) is 0 Å². The van der Waals surface area contributed by atoms with Gasteiger partial charge in [-0.1, -0.05) is 12.1 Å². The smallest absolute Gasteiger partial charge is 0.248 e. The van der Waals surface area contributed by atoms with Crippen molar-refractivity contribution >= 4 is 27.7 Å². The molecule has 0 aliphatic heterocycles. The number of hydrogen-bond acceptors (Lipinski definition) is 4. The van der Waals surface area contributed by atoms with Gasteiger partial charge in [-0.05, 0) is 80.3 Å². The van der Waals surface area contributed by atoms with E-state index in [9.17, 15) is 13.2 Å². The van der Waals surface area contributed by atoms with Crippen LogP contribution >= 0.6 is 0 Å². The van der Waals surface area contributed by atoms with E-state index in [0.29, 0.717) is 5.69 Å². The monoisotopic (exact) mass is 416 g/mol. The first-order valence-electron chi connectivity index (χ1n) is 9.30. The van der Waals surface area contributed by atoms with Crippen molar-refractivity contribution < 1.29 is 17.9 Å². The lowest BCUT2D eigenvalue weighted by molar-refractivity contribution is -0.111. The predicted octanol–water partition coefficient (Wildman–Crippen LogP) is 3.58. The molecule has 0 saturated heterocycles. The number of carbonyl (C=O) groups excluding carboxylic acids is 1. The first-order valence-corrected chi connectivity index (χ1v) is 10.8. The third-order valence-electron chi connectivity index (χ3n) is 4.50. The summed E-state index contributed by atoms with van der Waals surface area (Å²) in [5, 5.41) is 2.74. The second-order valence-corrected chi connectivity index (χ2v) is 8.83. The highest BCUT2D eigenvalue weighted by molar-refractivity contribution is 7.89. The molecule has 6 nitrogen and oxygen atoms in total. The molecule has 0 aromatic heterocycles. The van der Waals surface area contributed by atoms with Crippen LogP contribution in [-0.2, 0) is 19.6 Å². The average Bonchev–Trinajstić information content (AvgIpc) is 2.64. The molecular weight excluding hydrogens is 388 g/mol. The summed E-state index contributed by atoms with van der Waals surface area (Å²) in [6.07, 6.45) is 3.24. The SMILES string of the molecule is COCC(C)NS(=O)(=O)c1ccc(NC(=O)/C=C/c2cc(C)c(C)cc2C)cc1. The van der Waals surface area contributed by atoms with E-state index < -0.39 is 10.0 Å². The van der Waals surface area contributed by atoms with Gasteiger partial charge in [-0.2, -0.15) is 0 Å². The number of sulfonamides is 1. The van der Waals surface area contributed by atoms with Gasteiger partial charge < -0.3 is 10.1 Å². The third-order valence-corrected chi connectivity index (χ3v) is 6.11. The Morgan fingerprint density at radius 1 is 1.07 bits per heavy atom. The third kappa shape index (κ3) is 6.52.